The summed E-state index contributed by atoms with van der Waals surface area (Å²) in [6, 6.07) is 0. The van der Waals surface area contributed by atoms with Gasteiger partial charge in [0.15, 0.2) is 11.7 Å². The number of nitrogens with zero attached hydrogens (tertiary/aromatic N) is 4. The van der Waals surface area contributed by atoms with Crippen molar-refractivity contribution >= 4 is 11.4 Å². The van der Waals surface area contributed by atoms with E-state index >= 15 is 0 Å². The van der Waals surface area contributed by atoms with E-state index in [9.17, 15) is 0 Å². The average Bonchev–Trinajstić information content (AvgIpc) is 3.06. The minimum absolute atomic E-state index is 0.0881. The monoisotopic (exact) mass is 273 g/mol. The maximum absolute atomic E-state index is 5.28. The lowest BCUT2D eigenvalue weighted by atomic mass is 9.95. The van der Waals surface area contributed by atoms with Crippen molar-refractivity contribution in [1.29, 1.82) is 0 Å². The second kappa shape index (κ2) is 4.17. The summed E-state index contributed by atoms with van der Waals surface area (Å²) >= 11 is 0. The summed E-state index contributed by atoms with van der Waals surface area (Å²) in [4.78, 5) is 6.52. The molecule has 4 heterocycles. The zero-order chi connectivity index (χ0) is 13.6. The highest BCUT2D eigenvalue weighted by Crippen LogP contribution is 2.33. The molecule has 3 aliphatic rings. The number of allylic oxidation sites excluding steroid dienone is 2. The molecule has 0 unspecified atom stereocenters. The molecule has 1 spiro atoms. The van der Waals surface area contributed by atoms with Gasteiger partial charge in [0.1, 0.15) is 5.66 Å². The predicted octanol–water partition coefficient (Wildman–Crippen LogP) is -0.439. The first-order valence-corrected chi connectivity index (χ1v) is 6.94. The van der Waals surface area contributed by atoms with E-state index in [2.05, 4.69) is 37.1 Å². The number of hydrazone groups is 1. The molecule has 1 fully saturated rings. The summed E-state index contributed by atoms with van der Waals surface area (Å²) < 4.78 is 5.28. The predicted molar refractivity (Wildman–Crippen MR) is 72.2 cm³/mol. The number of amidine groups is 1. The van der Waals surface area contributed by atoms with Crippen LogP contribution in [0.3, 0.4) is 0 Å². The topological polar surface area (TPSA) is 83.2 Å². The van der Waals surface area contributed by atoms with Crippen LogP contribution in [0.2, 0.25) is 0 Å². The van der Waals surface area contributed by atoms with Crippen LogP contribution < -0.4 is 10.7 Å². The zero-order valence-electron chi connectivity index (χ0n) is 11.3. The number of quaternary nitrogens is 1. The van der Waals surface area contributed by atoms with Gasteiger partial charge >= 0.3 is 0 Å². The molecule has 1 saturated heterocycles. The number of piperidine rings is 1. The molecule has 1 aromatic heterocycles. The number of nitrogens with one attached hydrogen (secondary N) is 1. The molecule has 4 rings (SSSR count). The Morgan fingerprint density at radius 2 is 2.25 bits per heavy atom. The fraction of sp³-hybridized carbons (Fsp3) is 0.462. The molecule has 1 aromatic rings. The Labute approximate surface area is 116 Å². The molecule has 7 heteroatoms. The number of aromatic nitrogens is 2. The van der Waals surface area contributed by atoms with Crippen molar-refractivity contribution in [3.8, 4) is 0 Å². The van der Waals surface area contributed by atoms with Crippen molar-refractivity contribution in [2.75, 3.05) is 13.1 Å². The van der Waals surface area contributed by atoms with Crippen LogP contribution in [0, 0.1) is 6.92 Å². The Morgan fingerprint density at radius 1 is 1.40 bits per heavy atom. The standard InChI is InChI=1S/C13H16N6O/c1-9-15-12(20-17-9)10-3-2-8-19-11(10)16-18-13(19)4-6-14-7-5-13/h2-3,8,14,18H,4-7H2,1H3/p+1. The Bertz CT molecular complexity index is 623. The molecule has 0 radical (unpaired) electrons. The third-order valence-corrected chi connectivity index (χ3v) is 4.08. The van der Waals surface area contributed by atoms with Crippen LogP contribution in [-0.4, -0.2) is 39.6 Å². The number of nitrogens with two attached hydrogens (primary N) is 1. The maximum Gasteiger partial charge on any atom is 0.261 e. The van der Waals surface area contributed by atoms with Crippen molar-refractivity contribution in [2.45, 2.75) is 25.4 Å². The first kappa shape index (κ1) is 11.7. The number of hydrogen-bond acceptors (Lipinski definition) is 6. The van der Waals surface area contributed by atoms with E-state index in [1.54, 1.807) is 0 Å². The summed E-state index contributed by atoms with van der Waals surface area (Å²) in [6.45, 7) is 4.04. The summed E-state index contributed by atoms with van der Waals surface area (Å²) in [5.41, 5.74) is 4.13. The molecule has 3 N–H and O–H groups in total. The molecule has 3 aliphatic heterocycles. The molecular formula is C13H17N6O+. The molecule has 0 amide bonds. The SMILES string of the molecule is Cc1noc(C2=CC=CN3C2=NNC32CC[NH2+]CC2)n1. The van der Waals surface area contributed by atoms with Gasteiger partial charge in [-0.1, -0.05) is 5.16 Å². The first-order valence-electron chi connectivity index (χ1n) is 6.94. The first-order chi connectivity index (χ1) is 9.78. The fourth-order valence-corrected chi connectivity index (χ4v) is 3.05. The van der Waals surface area contributed by atoms with Gasteiger partial charge in [0.2, 0.25) is 0 Å². The quantitative estimate of drug-likeness (QED) is 0.725. The van der Waals surface area contributed by atoms with Crippen molar-refractivity contribution in [3.05, 3.63) is 30.1 Å². The summed E-state index contributed by atoms with van der Waals surface area (Å²) in [5.74, 6) is 2.03. The molecule has 0 atom stereocenters. The van der Waals surface area contributed by atoms with E-state index in [0.717, 1.165) is 37.3 Å². The third-order valence-electron chi connectivity index (χ3n) is 4.08. The number of hydrogen-bond donors (Lipinski definition) is 2. The molecule has 0 aliphatic carbocycles. The van der Waals surface area contributed by atoms with Crippen LogP contribution in [0.1, 0.15) is 24.6 Å². The van der Waals surface area contributed by atoms with Gasteiger partial charge in [-0.15, -0.1) is 0 Å². The normalized spacial score (nSPS) is 23.4. The van der Waals surface area contributed by atoms with E-state index in [1.165, 1.54) is 0 Å². The van der Waals surface area contributed by atoms with Gasteiger partial charge in [-0.05, 0) is 19.1 Å². The van der Waals surface area contributed by atoms with Gasteiger partial charge in [0, 0.05) is 19.0 Å². The molecule has 7 nitrogen and oxygen atoms in total. The van der Waals surface area contributed by atoms with E-state index in [0.29, 0.717) is 11.7 Å². The van der Waals surface area contributed by atoms with Gasteiger partial charge in [-0.3, -0.25) is 5.43 Å². The molecule has 0 saturated carbocycles. The highest BCUT2D eigenvalue weighted by atomic mass is 16.5. The maximum atomic E-state index is 5.28. The Hall–Kier alpha value is -2.15. The molecular weight excluding hydrogens is 256 g/mol. The van der Waals surface area contributed by atoms with Crippen LogP contribution in [0.25, 0.3) is 5.57 Å². The van der Waals surface area contributed by atoms with Crippen molar-refractivity contribution in [2.24, 2.45) is 5.10 Å². The van der Waals surface area contributed by atoms with Crippen LogP contribution >= 0.6 is 0 Å². The zero-order valence-corrected chi connectivity index (χ0v) is 11.3. The van der Waals surface area contributed by atoms with Crippen LogP contribution in [-0.2, 0) is 0 Å². The summed E-state index contributed by atoms with van der Waals surface area (Å²) in [6.07, 6.45) is 8.18. The van der Waals surface area contributed by atoms with E-state index < -0.39 is 0 Å². The lowest BCUT2D eigenvalue weighted by Gasteiger charge is -2.39. The van der Waals surface area contributed by atoms with Gasteiger partial charge in [0.05, 0.1) is 18.7 Å². The van der Waals surface area contributed by atoms with Crippen LogP contribution in [0.4, 0.5) is 0 Å². The van der Waals surface area contributed by atoms with E-state index in [4.69, 9.17) is 4.52 Å². The third kappa shape index (κ3) is 1.59. The van der Waals surface area contributed by atoms with Crippen molar-refractivity contribution < 1.29 is 9.84 Å². The van der Waals surface area contributed by atoms with Gasteiger partial charge in [-0.25, -0.2) is 0 Å². The van der Waals surface area contributed by atoms with Gasteiger partial charge in [0.25, 0.3) is 5.89 Å². The van der Waals surface area contributed by atoms with Crippen molar-refractivity contribution in [3.63, 3.8) is 0 Å². The van der Waals surface area contributed by atoms with Crippen LogP contribution in [0.5, 0.6) is 0 Å². The van der Waals surface area contributed by atoms with Gasteiger partial charge in [-0.2, -0.15) is 10.1 Å². The largest absolute Gasteiger partial charge is 0.346 e. The molecule has 104 valence electrons. The average molecular weight is 273 g/mol. The molecule has 0 bridgehead atoms. The minimum atomic E-state index is -0.0881. The summed E-state index contributed by atoms with van der Waals surface area (Å²) in [7, 11) is 0. The smallest absolute Gasteiger partial charge is 0.261 e. The Balaban J connectivity index is 1.69. The van der Waals surface area contributed by atoms with Gasteiger partial charge < -0.3 is 14.7 Å². The number of rotatable bonds is 1. The second-order valence-electron chi connectivity index (χ2n) is 5.38. The Morgan fingerprint density at radius 3 is 3.00 bits per heavy atom. The Kier molecular flexibility index (Phi) is 2.43. The molecule has 20 heavy (non-hydrogen) atoms. The van der Waals surface area contributed by atoms with E-state index in [1.807, 2.05) is 19.1 Å². The summed E-state index contributed by atoms with van der Waals surface area (Å²) in [5, 5.41) is 10.7. The second-order valence-corrected chi connectivity index (χ2v) is 5.38. The highest BCUT2D eigenvalue weighted by Gasteiger charge is 2.46. The number of aryl methyl sites for hydroxylation is 1. The highest BCUT2D eigenvalue weighted by molar-refractivity contribution is 6.23. The molecule has 0 aromatic carbocycles. The number of fused-ring (bicyclic) bond motifs is 2. The minimum Gasteiger partial charge on any atom is -0.346 e. The van der Waals surface area contributed by atoms with Crippen LogP contribution in [0.15, 0.2) is 28.0 Å². The fourth-order valence-electron chi connectivity index (χ4n) is 3.05. The van der Waals surface area contributed by atoms with Crippen molar-refractivity contribution in [1.82, 2.24) is 20.5 Å². The lowest BCUT2D eigenvalue weighted by molar-refractivity contribution is -0.666. The van der Waals surface area contributed by atoms with E-state index in [-0.39, 0.29) is 5.66 Å². The lowest BCUT2D eigenvalue weighted by Crippen LogP contribution is -2.89.